The lowest BCUT2D eigenvalue weighted by atomic mass is 10.0. The van der Waals surface area contributed by atoms with Crippen molar-refractivity contribution in [2.24, 2.45) is 0 Å². The number of aromatic nitrogens is 2. The predicted octanol–water partition coefficient (Wildman–Crippen LogP) is 2.47. The maximum Gasteiger partial charge on any atom is 0.140 e. The van der Waals surface area contributed by atoms with E-state index in [4.69, 9.17) is 0 Å². The van der Waals surface area contributed by atoms with E-state index in [1.807, 2.05) is 0 Å². The summed E-state index contributed by atoms with van der Waals surface area (Å²) in [5.41, 5.74) is 0. The number of hydrogen-bond acceptors (Lipinski definition) is 6. The fourth-order valence-corrected chi connectivity index (χ4v) is 4.98. The molecule has 0 radical (unpaired) electrons. The van der Waals surface area contributed by atoms with Crippen LogP contribution in [0.5, 0.6) is 0 Å². The van der Waals surface area contributed by atoms with Crippen LogP contribution in [-0.2, 0) is 6.42 Å². The van der Waals surface area contributed by atoms with Gasteiger partial charge in [-0.1, -0.05) is 6.92 Å². The first-order chi connectivity index (χ1) is 11.7. The molecule has 1 atom stereocenters. The predicted molar refractivity (Wildman–Crippen MR) is 101 cm³/mol. The van der Waals surface area contributed by atoms with E-state index >= 15 is 0 Å². The van der Waals surface area contributed by atoms with E-state index in [1.165, 1.54) is 36.2 Å². The molecule has 0 N–H and O–H groups in total. The van der Waals surface area contributed by atoms with Crippen LogP contribution in [-0.4, -0.2) is 72.1 Å². The highest BCUT2D eigenvalue weighted by Crippen LogP contribution is 2.31. The van der Waals surface area contributed by atoms with Crippen LogP contribution in [0.15, 0.2) is 12.4 Å². The average molecular weight is 346 g/mol. The zero-order chi connectivity index (χ0) is 16.5. The third-order valence-corrected chi connectivity index (χ3v) is 6.63. The SMILES string of the molecule is CCc1cc2c(N3CCN(C4CCCN(C)C4)CC3)ncnc2s1. The van der Waals surface area contributed by atoms with Gasteiger partial charge in [-0.05, 0) is 38.9 Å². The molecule has 130 valence electrons. The Morgan fingerprint density at radius 3 is 2.75 bits per heavy atom. The molecule has 0 saturated carbocycles. The fourth-order valence-electron chi connectivity index (χ4n) is 4.06. The number of nitrogens with zero attached hydrogens (tertiary/aromatic N) is 5. The molecule has 2 fully saturated rings. The zero-order valence-corrected chi connectivity index (χ0v) is 15.6. The van der Waals surface area contributed by atoms with E-state index in [-0.39, 0.29) is 0 Å². The molecular weight excluding hydrogens is 318 g/mol. The number of likely N-dealkylation sites (N-methyl/N-ethyl adjacent to an activating group) is 1. The molecule has 0 spiro atoms. The number of anilines is 1. The van der Waals surface area contributed by atoms with Crippen molar-refractivity contribution in [1.29, 1.82) is 0 Å². The third kappa shape index (κ3) is 3.15. The fraction of sp³-hybridized carbons (Fsp3) is 0.667. The summed E-state index contributed by atoms with van der Waals surface area (Å²) < 4.78 is 0. The number of piperidine rings is 1. The zero-order valence-electron chi connectivity index (χ0n) is 14.7. The third-order valence-electron chi connectivity index (χ3n) is 5.44. The van der Waals surface area contributed by atoms with Crippen LogP contribution in [0.2, 0.25) is 0 Å². The Morgan fingerprint density at radius 2 is 2.00 bits per heavy atom. The Bertz CT molecular complexity index is 692. The van der Waals surface area contributed by atoms with Gasteiger partial charge in [-0.2, -0.15) is 0 Å². The molecule has 1 unspecified atom stereocenters. The van der Waals surface area contributed by atoms with Crippen LogP contribution < -0.4 is 4.90 Å². The van der Waals surface area contributed by atoms with Crippen molar-refractivity contribution >= 4 is 27.4 Å². The minimum absolute atomic E-state index is 0.740. The summed E-state index contributed by atoms with van der Waals surface area (Å²) in [6.45, 7) is 9.13. The summed E-state index contributed by atoms with van der Waals surface area (Å²) in [5.74, 6) is 1.14. The van der Waals surface area contributed by atoms with Gasteiger partial charge in [-0.3, -0.25) is 4.90 Å². The number of rotatable bonds is 3. The van der Waals surface area contributed by atoms with Gasteiger partial charge in [0.05, 0.1) is 5.39 Å². The normalized spacial score (nSPS) is 23.9. The molecule has 0 bridgehead atoms. The second-order valence-electron chi connectivity index (χ2n) is 7.06. The molecule has 5 nitrogen and oxygen atoms in total. The molecule has 4 rings (SSSR count). The Morgan fingerprint density at radius 1 is 1.17 bits per heavy atom. The van der Waals surface area contributed by atoms with Crippen molar-refractivity contribution in [2.45, 2.75) is 32.2 Å². The lowest BCUT2D eigenvalue weighted by Gasteiger charge is -2.43. The highest BCUT2D eigenvalue weighted by Gasteiger charge is 2.28. The maximum absolute atomic E-state index is 4.62. The quantitative estimate of drug-likeness (QED) is 0.854. The topological polar surface area (TPSA) is 35.5 Å². The van der Waals surface area contributed by atoms with E-state index in [2.05, 4.69) is 44.7 Å². The van der Waals surface area contributed by atoms with Gasteiger partial charge in [0.2, 0.25) is 0 Å². The second-order valence-corrected chi connectivity index (χ2v) is 8.18. The van der Waals surface area contributed by atoms with Crippen LogP contribution in [0.1, 0.15) is 24.6 Å². The van der Waals surface area contributed by atoms with Crippen molar-refractivity contribution in [2.75, 3.05) is 51.2 Å². The number of aryl methyl sites for hydroxylation is 1. The summed E-state index contributed by atoms with van der Waals surface area (Å²) in [5, 5.41) is 1.24. The minimum atomic E-state index is 0.740. The molecular formula is C18H27N5S. The molecule has 2 saturated heterocycles. The molecule has 0 aliphatic carbocycles. The van der Waals surface area contributed by atoms with Crippen LogP contribution in [0, 0.1) is 0 Å². The molecule has 6 heteroatoms. The van der Waals surface area contributed by atoms with Crippen molar-refractivity contribution in [3.63, 3.8) is 0 Å². The smallest absolute Gasteiger partial charge is 0.140 e. The van der Waals surface area contributed by atoms with Gasteiger partial charge in [0.15, 0.2) is 0 Å². The van der Waals surface area contributed by atoms with E-state index in [9.17, 15) is 0 Å². The highest BCUT2D eigenvalue weighted by atomic mass is 32.1. The van der Waals surface area contributed by atoms with Crippen LogP contribution in [0.25, 0.3) is 10.2 Å². The Kier molecular flexibility index (Phi) is 4.70. The first-order valence-electron chi connectivity index (χ1n) is 9.15. The van der Waals surface area contributed by atoms with E-state index in [0.717, 1.165) is 49.3 Å². The number of hydrogen-bond donors (Lipinski definition) is 0. The monoisotopic (exact) mass is 345 g/mol. The lowest BCUT2D eigenvalue weighted by molar-refractivity contribution is 0.106. The molecule has 0 aromatic carbocycles. The first kappa shape index (κ1) is 16.2. The highest BCUT2D eigenvalue weighted by molar-refractivity contribution is 7.18. The van der Waals surface area contributed by atoms with Crippen LogP contribution in [0.4, 0.5) is 5.82 Å². The molecule has 4 heterocycles. The van der Waals surface area contributed by atoms with Gasteiger partial charge >= 0.3 is 0 Å². The summed E-state index contributed by atoms with van der Waals surface area (Å²) in [6.07, 6.45) is 5.49. The van der Waals surface area contributed by atoms with E-state index in [0.29, 0.717) is 0 Å². The van der Waals surface area contributed by atoms with Crippen molar-refractivity contribution in [3.8, 4) is 0 Å². The average Bonchev–Trinajstić information content (AvgIpc) is 3.05. The second kappa shape index (κ2) is 6.94. The molecule has 2 aliphatic rings. The minimum Gasteiger partial charge on any atom is -0.353 e. The van der Waals surface area contributed by atoms with Gasteiger partial charge in [-0.15, -0.1) is 11.3 Å². The van der Waals surface area contributed by atoms with Crippen molar-refractivity contribution < 1.29 is 0 Å². The number of piperazine rings is 1. The summed E-state index contributed by atoms with van der Waals surface area (Å²) in [7, 11) is 2.25. The van der Waals surface area contributed by atoms with Gasteiger partial charge in [0.1, 0.15) is 17.0 Å². The number of thiophene rings is 1. The van der Waals surface area contributed by atoms with Gasteiger partial charge in [-0.25, -0.2) is 9.97 Å². The number of likely N-dealkylation sites (tertiary alicyclic amines) is 1. The van der Waals surface area contributed by atoms with E-state index < -0.39 is 0 Å². The largest absolute Gasteiger partial charge is 0.353 e. The molecule has 24 heavy (non-hydrogen) atoms. The van der Waals surface area contributed by atoms with Crippen molar-refractivity contribution in [1.82, 2.24) is 19.8 Å². The van der Waals surface area contributed by atoms with Gasteiger partial charge in [0, 0.05) is 43.6 Å². The summed E-state index contributed by atoms with van der Waals surface area (Å²) >= 11 is 1.81. The van der Waals surface area contributed by atoms with Crippen LogP contribution >= 0.6 is 11.3 Å². The molecule has 2 aromatic rings. The molecule has 2 aliphatic heterocycles. The van der Waals surface area contributed by atoms with Crippen LogP contribution in [0.3, 0.4) is 0 Å². The van der Waals surface area contributed by atoms with Gasteiger partial charge < -0.3 is 9.80 Å². The van der Waals surface area contributed by atoms with Crippen molar-refractivity contribution in [3.05, 3.63) is 17.3 Å². The Balaban J connectivity index is 1.47. The first-order valence-corrected chi connectivity index (χ1v) is 9.97. The summed E-state index contributed by atoms with van der Waals surface area (Å²) in [4.78, 5) is 19.2. The Labute approximate surface area is 148 Å². The number of fused-ring (bicyclic) bond motifs is 1. The molecule has 0 amide bonds. The standard InChI is InChI=1S/C18H27N5S/c1-3-15-11-16-17(19-13-20-18(16)24-15)23-9-7-22(8-10-23)14-5-4-6-21(2)12-14/h11,13-14H,3-10,12H2,1-2H3. The van der Waals surface area contributed by atoms with E-state index in [1.54, 1.807) is 17.7 Å². The lowest BCUT2D eigenvalue weighted by Crippen LogP contribution is -2.54. The van der Waals surface area contributed by atoms with Gasteiger partial charge in [0.25, 0.3) is 0 Å². The Hall–Kier alpha value is -1.24. The maximum atomic E-state index is 4.62. The summed E-state index contributed by atoms with van der Waals surface area (Å²) in [6, 6.07) is 3.03. The molecule has 2 aromatic heterocycles.